The maximum Gasteiger partial charge on any atom is 0.155 e. The van der Waals surface area contributed by atoms with Crippen molar-refractivity contribution in [2.45, 2.75) is 32.9 Å². The van der Waals surface area contributed by atoms with Gasteiger partial charge in [0, 0.05) is 41.5 Å². The van der Waals surface area contributed by atoms with E-state index in [1.807, 2.05) is 41.2 Å². The van der Waals surface area contributed by atoms with Crippen LogP contribution >= 0.6 is 11.3 Å². The minimum Gasteiger partial charge on any atom is -0.310 e. The van der Waals surface area contributed by atoms with Crippen molar-refractivity contribution in [1.29, 1.82) is 0 Å². The molecule has 3 heterocycles. The Hall–Kier alpha value is -1.72. The zero-order valence-corrected chi connectivity index (χ0v) is 12.5. The highest BCUT2D eigenvalue weighted by Gasteiger charge is 2.05. The second kappa shape index (κ2) is 5.73. The highest BCUT2D eigenvalue weighted by atomic mass is 32.1. The lowest BCUT2D eigenvalue weighted by molar-refractivity contribution is 0.546. The Morgan fingerprint density at radius 2 is 2.35 bits per heavy atom. The molecule has 0 amide bonds. The Kier molecular flexibility index (Phi) is 3.80. The van der Waals surface area contributed by atoms with E-state index >= 15 is 0 Å². The predicted molar refractivity (Wildman–Crippen MR) is 82.0 cm³/mol. The number of aromatic nitrogens is 3. The predicted octanol–water partition coefficient (Wildman–Crippen LogP) is 2.82. The van der Waals surface area contributed by atoms with E-state index in [2.05, 4.69) is 39.8 Å². The van der Waals surface area contributed by atoms with Crippen LogP contribution in [0, 0.1) is 6.92 Å². The van der Waals surface area contributed by atoms with Crippen molar-refractivity contribution < 1.29 is 0 Å². The van der Waals surface area contributed by atoms with Gasteiger partial charge in [-0.2, -0.15) is 5.10 Å². The van der Waals surface area contributed by atoms with Crippen LogP contribution < -0.4 is 5.32 Å². The number of thiophene rings is 1. The van der Waals surface area contributed by atoms with Crippen molar-refractivity contribution in [2.75, 3.05) is 0 Å². The van der Waals surface area contributed by atoms with Crippen LogP contribution in [-0.2, 0) is 13.0 Å². The minimum absolute atomic E-state index is 0.448. The standard InChI is InChI=1S/C15H18N4S/c1-11(6-14-4-3-5-20-14)16-8-13-9-17-15-7-12(2)18-19(15)10-13/h3-5,7,9-11,16H,6,8H2,1-2H3. The van der Waals surface area contributed by atoms with Crippen molar-refractivity contribution in [3.05, 3.63) is 52.1 Å². The number of hydrogen-bond donors (Lipinski definition) is 1. The van der Waals surface area contributed by atoms with Gasteiger partial charge in [-0.15, -0.1) is 11.3 Å². The van der Waals surface area contributed by atoms with Gasteiger partial charge in [-0.25, -0.2) is 9.50 Å². The van der Waals surface area contributed by atoms with Crippen LogP contribution in [0.4, 0.5) is 0 Å². The molecule has 0 radical (unpaired) electrons. The van der Waals surface area contributed by atoms with Gasteiger partial charge in [0.1, 0.15) is 0 Å². The molecule has 3 rings (SSSR count). The number of hydrogen-bond acceptors (Lipinski definition) is 4. The molecule has 3 aromatic rings. The van der Waals surface area contributed by atoms with E-state index in [1.54, 1.807) is 0 Å². The molecule has 0 saturated heterocycles. The topological polar surface area (TPSA) is 42.2 Å². The molecule has 0 aliphatic carbocycles. The Balaban J connectivity index is 1.61. The summed E-state index contributed by atoms with van der Waals surface area (Å²) in [5.74, 6) is 0. The van der Waals surface area contributed by atoms with Crippen molar-refractivity contribution >= 4 is 17.0 Å². The number of rotatable bonds is 5. The van der Waals surface area contributed by atoms with Crippen molar-refractivity contribution in [2.24, 2.45) is 0 Å². The monoisotopic (exact) mass is 286 g/mol. The third kappa shape index (κ3) is 3.05. The van der Waals surface area contributed by atoms with Crippen molar-refractivity contribution in [1.82, 2.24) is 19.9 Å². The molecule has 0 spiro atoms. The average molecular weight is 286 g/mol. The van der Waals surface area contributed by atoms with Crippen LogP contribution in [0.15, 0.2) is 36.0 Å². The molecule has 4 nitrogen and oxygen atoms in total. The largest absolute Gasteiger partial charge is 0.310 e. The second-order valence-electron chi connectivity index (χ2n) is 5.12. The molecule has 0 aromatic carbocycles. The molecule has 0 saturated carbocycles. The third-order valence-electron chi connectivity index (χ3n) is 3.23. The van der Waals surface area contributed by atoms with E-state index in [0.717, 1.165) is 29.9 Å². The van der Waals surface area contributed by atoms with Crippen LogP contribution in [0.5, 0.6) is 0 Å². The summed E-state index contributed by atoms with van der Waals surface area (Å²) in [5, 5.41) is 10.0. The van der Waals surface area contributed by atoms with Crippen LogP contribution in [0.1, 0.15) is 23.1 Å². The summed E-state index contributed by atoms with van der Waals surface area (Å²) < 4.78 is 1.84. The van der Waals surface area contributed by atoms with E-state index in [4.69, 9.17) is 0 Å². The minimum atomic E-state index is 0.448. The number of nitrogens with zero attached hydrogens (tertiary/aromatic N) is 3. The molecule has 1 unspecified atom stereocenters. The first kappa shape index (κ1) is 13.3. The normalized spacial score (nSPS) is 12.9. The fraction of sp³-hybridized carbons (Fsp3) is 0.333. The maximum absolute atomic E-state index is 4.42. The lowest BCUT2D eigenvalue weighted by Crippen LogP contribution is -2.27. The number of nitrogens with one attached hydrogen (secondary N) is 1. The average Bonchev–Trinajstić information content (AvgIpc) is 3.04. The summed E-state index contributed by atoms with van der Waals surface area (Å²) in [5.41, 5.74) is 3.05. The highest BCUT2D eigenvalue weighted by molar-refractivity contribution is 7.09. The van der Waals surface area contributed by atoms with Crippen LogP contribution in [0.2, 0.25) is 0 Å². The van der Waals surface area contributed by atoms with Crippen LogP contribution in [0.25, 0.3) is 5.65 Å². The van der Waals surface area contributed by atoms with Gasteiger partial charge in [-0.05, 0) is 31.7 Å². The van der Waals surface area contributed by atoms with Gasteiger partial charge in [0.15, 0.2) is 5.65 Å². The first-order chi connectivity index (χ1) is 9.70. The fourth-order valence-corrected chi connectivity index (χ4v) is 3.06. The van der Waals surface area contributed by atoms with E-state index < -0.39 is 0 Å². The zero-order chi connectivity index (χ0) is 13.9. The molecule has 3 aromatic heterocycles. The molecule has 0 aliphatic rings. The smallest absolute Gasteiger partial charge is 0.155 e. The molecule has 1 N–H and O–H groups in total. The van der Waals surface area contributed by atoms with Gasteiger partial charge in [-0.1, -0.05) is 6.07 Å². The van der Waals surface area contributed by atoms with Gasteiger partial charge in [0.25, 0.3) is 0 Å². The van der Waals surface area contributed by atoms with Crippen molar-refractivity contribution in [3.8, 4) is 0 Å². The van der Waals surface area contributed by atoms with Gasteiger partial charge in [0.05, 0.1) is 5.69 Å². The second-order valence-corrected chi connectivity index (χ2v) is 6.15. The number of aryl methyl sites for hydroxylation is 1. The van der Waals surface area contributed by atoms with Crippen LogP contribution in [-0.4, -0.2) is 20.6 Å². The van der Waals surface area contributed by atoms with E-state index in [0.29, 0.717) is 6.04 Å². The number of fused-ring (bicyclic) bond motifs is 1. The Morgan fingerprint density at radius 1 is 1.45 bits per heavy atom. The van der Waals surface area contributed by atoms with E-state index in [9.17, 15) is 0 Å². The maximum atomic E-state index is 4.42. The first-order valence-electron chi connectivity index (χ1n) is 6.77. The van der Waals surface area contributed by atoms with E-state index in [1.165, 1.54) is 4.88 Å². The lowest BCUT2D eigenvalue weighted by Gasteiger charge is -2.12. The first-order valence-corrected chi connectivity index (χ1v) is 7.65. The Morgan fingerprint density at radius 3 is 3.15 bits per heavy atom. The summed E-state index contributed by atoms with van der Waals surface area (Å²) in [4.78, 5) is 5.84. The third-order valence-corrected chi connectivity index (χ3v) is 4.13. The Labute approximate surface area is 122 Å². The zero-order valence-electron chi connectivity index (χ0n) is 11.7. The molecule has 104 valence electrons. The molecule has 20 heavy (non-hydrogen) atoms. The molecule has 0 fully saturated rings. The molecular weight excluding hydrogens is 268 g/mol. The summed E-state index contributed by atoms with van der Waals surface area (Å²) in [6.45, 7) is 5.01. The van der Waals surface area contributed by atoms with E-state index in [-0.39, 0.29) is 0 Å². The summed E-state index contributed by atoms with van der Waals surface area (Å²) in [6, 6.07) is 6.72. The summed E-state index contributed by atoms with van der Waals surface area (Å²) in [7, 11) is 0. The van der Waals surface area contributed by atoms with Gasteiger partial charge in [0.2, 0.25) is 0 Å². The van der Waals surface area contributed by atoms with Crippen LogP contribution in [0.3, 0.4) is 0 Å². The lowest BCUT2D eigenvalue weighted by atomic mass is 10.2. The van der Waals surface area contributed by atoms with Gasteiger partial charge in [-0.3, -0.25) is 0 Å². The summed E-state index contributed by atoms with van der Waals surface area (Å²) >= 11 is 1.81. The van der Waals surface area contributed by atoms with Gasteiger partial charge < -0.3 is 5.32 Å². The highest BCUT2D eigenvalue weighted by Crippen LogP contribution is 2.11. The molecule has 1 atom stereocenters. The molecule has 0 aliphatic heterocycles. The molecule has 5 heteroatoms. The SMILES string of the molecule is Cc1cc2ncc(CNC(C)Cc3cccs3)cn2n1. The Bertz CT molecular complexity index is 687. The summed E-state index contributed by atoms with van der Waals surface area (Å²) in [6.07, 6.45) is 5.02. The fourth-order valence-electron chi connectivity index (χ4n) is 2.22. The molecular formula is C15H18N4S. The quantitative estimate of drug-likeness (QED) is 0.784. The molecule has 0 bridgehead atoms. The van der Waals surface area contributed by atoms with Crippen molar-refractivity contribution in [3.63, 3.8) is 0 Å². The van der Waals surface area contributed by atoms with Gasteiger partial charge >= 0.3 is 0 Å².